The smallest absolute Gasteiger partial charge is 0.370 e. The number of hydrogen-bond acceptors (Lipinski definition) is 2. The van der Waals surface area contributed by atoms with Crippen molar-refractivity contribution in [1.29, 1.82) is 0 Å². The first kappa shape index (κ1) is 12.2. The lowest BCUT2D eigenvalue weighted by Gasteiger charge is -2.33. The number of anilines is 1. The van der Waals surface area contributed by atoms with Crippen molar-refractivity contribution in [3.05, 3.63) is 24.0 Å². The van der Waals surface area contributed by atoms with Gasteiger partial charge in [0.15, 0.2) is 0 Å². The summed E-state index contributed by atoms with van der Waals surface area (Å²) in [6.07, 6.45) is 0.0808. The average molecular weight is 244 g/mol. The van der Waals surface area contributed by atoms with Gasteiger partial charge in [-0.3, -0.25) is 4.98 Å². The predicted molar refractivity (Wildman–Crippen MR) is 59.9 cm³/mol. The third kappa shape index (κ3) is 2.70. The fraction of sp³-hybridized carbons (Fsp3) is 0.583. The summed E-state index contributed by atoms with van der Waals surface area (Å²) in [5.41, 5.74) is -0.367. The lowest BCUT2D eigenvalue weighted by atomic mass is 9.98. The Morgan fingerprint density at radius 3 is 2.53 bits per heavy atom. The van der Waals surface area contributed by atoms with E-state index in [2.05, 4.69) is 11.9 Å². The van der Waals surface area contributed by atoms with Crippen molar-refractivity contribution in [3.8, 4) is 0 Å². The summed E-state index contributed by atoms with van der Waals surface area (Å²) < 4.78 is 38.5. The van der Waals surface area contributed by atoms with Gasteiger partial charge in [0, 0.05) is 19.3 Å². The lowest BCUT2D eigenvalue weighted by Crippen LogP contribution is -2.34. The number of pyridine rings is 1. The topological polar surface area (TPSA) is 16.1 Å². The normalized spacial score (nSPS) is 18.5. The fourth-order valence-electron chi connectivity index (χ4n) is 2.13. The fourth-order valence-corrected chi connectivity index (χ4v) is 2.13. The minimum atomic E-state index is -4.30. The van der Waals surface area contributed by atoms with Crippen molar-refractivity contribution in [3.63, 3.8) is 0 Å². The van der Waals surface area contributed by atoms with Gasteiger partial charge >= 0.3 is 6.18 Å². The molecule has 0 aliphatic carbocycles. The third-order valence-electron chi connectivity index (χ3n) is 3.23. The molecule has 0 saturated carbocycles. The summed E-state index contributed by atoms with van der Waals surface area (Å²) >= 11 is 0. The maximum atomic E-state index is 12.8. The van der Waals surface area contributed by atoms with Crippen LogP contribution in [-0.2, 0) is 6.18 Å². The first-order chi connectivity index (χ1) is 7.98. The molecule has 1 aromatic rings. The Morgan fingerprint density at radius 1 is 1.29 bits per heavy atom. The van der Waals surface area contributed by atoms with Gasteiger partial charge in [0.05, 0.1) is 17.4 Å². The third-order valence-corrected chi connectivity index (χ3v) is 3.23. The minimum Gasteiger partial charge on any atom is -0.370 e. The highest BCUT2D eigenvalue weighted by Gasteiger charge is 2.35. The summed E-state index contributed by atoms with van der Waals surface area (Å²) in [5.74, 6) is 0.595. The van der Waals surface area contributed by atoms with E-state index in [0.29, 0.717) is 19.0 Å². The van der Waals surface area contributed by atoms with Crippen molar-refractivity contribution in [1.82, 2.24) is 4.98 Å². The Labute approximate surface area is 98.5 Å². The van der Waals surface area contributed by atoms with E-state index in [1.165, 1.54) is 12.4 Å². The summed E-state index contributed by atoms with van der Waals surface area (Å²) in [7, 11) is 0. The van der Waals surface area contributed by atoms with E-state index in [4.69, 9.17) is 0 Å². The molecule has 0 amide bonds. The van der Waals surface area contributed by atoms with E-state index in [-0.39, 0.29) is 5.69 Å². The van der Waals surface area contributed by atoms with Crippen molar-refractivity contribution in [2.75, 3.05) is 18.0 Å². The molecule has 0 radical (unpaired) electrons. The molecule has 2 heterocycles. The highest BCUT2D eigenvalue weighted by Crippen LogP contribution is 2.37. The van der Waals surface area contributed by atoms with E-state index >= 15 is 0 Å². The quantitative estimate of drug-likeness (QED) is 0.753. The molecule has 1 aromatic heterocycles. The molecule has 1 saturated heterocycles. The molecule has 5 heteroatoms. The molecule has 1 fully saturated rings. The molecule has 0 unspecified atom stereocenters. The monoisotopic (exact) mass is 244 g/mol. The van der Waals surface area contributed by atoms with Crippen LogP contribution in [0.5, 0.6) is 0 Å². The Bertz CT molecular complexity index is 382. The van der Waals surface area contributed by atoms with E-state index < -0.39 is 11.7 Å². The number of piperidine rings is 1. The van der Waals surface area contributed by atoms with Gasteiger partial charge in [0.25, 0.3) is 0 Å². The van der Waals surface area contributed by atoms with Crippen LogP contribution in [0, 0.1) is 5.92 Å². The van der Waals surface area contributed by atoms with Gasteiger partial charge in [0.1, 0.15) is 0 Å². The second-order valence-electron chi connectivity index (χ2n) is 4.56. The van der Waals surface area contributed by atoms with Gasteiger partial charge < -0.3 is 4.90 Å². The largest absolute Gasteiger partial charge is 0.418 e. The summed E-state index contributed by atoms with van der Waals surface area (Å²) in [6.45, 7) is 3.48. The zero-order valence-corrected chi connectivity index (χ0v) is 9.67. The maximum absolute atomic E-state index is 12.8. The zero-order valence-electron chi connectivity index (χ0n) is 9.67. The molecular formula is C12H15F3N2. The van der Waals surface area contributed by atoms with Gasteiger partial charge in [0.2, 0.25) is 0 Å². The number of nitrogens with zero attached hydrogens (tertiary/aromatic N) is 2. The highest BCUT2D eigenvalue weighted by atomic mass is 19.4. The Balaban J connectivity index is 2.26. The van der Waals surface area contributed by atoms with Gasteiger partial charge in [-0.15, -0.1) is 0 Å². The second-order valence-corrected chi connectivity index (χ2v) is 4.56. The van der Waals surface area contributed by atoms with Crippen molar-refractivity contribution in [2.45, 2.75) is 25.9 Å². The minimum absolute atomic E-state index is 0.215. The van der Waals surface area contributed by atoms with Crippen LogP contribution in [0.3, 0.4) is 0 Å². The van der Waals surface area contributed by atoms with Crippen LogP contribution < -0.4 is 4.90 Å². The molecule has 1 aliphatic heterocycles. The predicted octanol–water partition coefficient (Wildman–Crippen LogP) is 3.34. The van der Waals surface area contributed by atoms with E-state index in [0.717, 1.165) is 18.9 Å². The zero-order chi connectivity index (χ0) is 12.5. The van der Waals surface area contributed by atoms with E-state index in [1.807, 2.05) is 0 Å². The first-order valence-corrected chi connectivity index (χ1v) is 5.74. The molecule has 17 heavy (non-hydrogen) atoms. The van der Waals surface area contributed by atoms with Crippen LogP contribution in [0.15, 0.2) is 18.5 Å². The summed E-state index contributed by atoms with van der Waals surface area (Å²) in [4.78, 5) is 5.60. The van der Waals surface area contributed by atoms with E-state index in [9.17, 15) is 13.2 Å². The number of rotatable bonds is 1. The molecule has 0 aromatic carbocycles. The molecular weight excluding hydrogens is 229 g/mol. The van der Waals surface area contributed by atoms with Gasteiger partial charge in [-0.05, 0) is 24.8 Å². The second kappa shape index (κ2) is 4.55. The Hall–Kier alpha value is -1.26. The molecule has 0 bridgehead atoms. The van der Waals surface area contributed by atoms with Crippen LogP contribution in [-0.4, -0.2) is 18.1 Å². The first-order valence-electron chi connectivity index (χ1n) is 5.74. The SMILES string of the molecule is CC1CCN(c2cnccc2C(F)(F)F)CC1. The van der Waals surface area contributed by atoms with Gasteiger partial charge in [-0.2, -0.15) is 13.2 Å². The number of hydrogen-bond donors (Lipinski definition) is 0. The van der Waals surface area contributed by atoms with Gasteiger partial charge in [-0.25, -0.2) is 0 Å². The van der Waals surface area contributed by atoms with Crippen molar-refractivity contribution < 1.29 is 13.2 Å². The van der Waals surface area contributed by atoms with Gasteiger partial charge in [-0.1, -0.05) is 6.92 Å². The molecule has 0 N–H and O–H groups in total. The molecule has 2 nitrogen and oxygen atoms in total. The van der Waals surface area contributed by atoms with E-state index in [1.54, 1.807) is 4.90 Å². The summed E-state index contributed by atoms with van der Waals surface area (Å²) in [6, 6.07) is 1.05. The van der Waals surface area contributed by atoms with Crippen LogP contribution in [0.2, 0.25) is 0 Å². The number of alkyl halides is 3. The average Bonchev–Trinajstić information content (AvgIpc) is 2.29. The maximum Gasteiger partial charge on any atom is 0.418 e. The Morgan fingerprint density at radius 2 is 1.94 bits per heavy atom. The molecule has 0 atom stereocenters. The Kier molecular flexibility index (Phi) is 3.26. The molecule has 1 aliphatic rings. The van der Waals surface area contributed by atoms with Crippen molar-refractivity contribution in [2.24, 2.45) is 5.92 Å². The summed E-state index contributed by atoms with van der Waals surface area (Å²) in [5, 5.41) is 0. The highest BCUT2D eigenvalue weighted by molar-refractivity contribution is 5.53. The molecule has 0 spiro atoms. The van der Waals surface area contributed by atoms with Crippen LogP contribution in [0.25, 0.3) is 0 Å². The lowest BCUT2D eigenvalue weighted by molar-refractivity contribution is -0.137. The van der Waals surface area contributed by atoms with Crippen LogP contribution in [0.4, 0.5) is 18.9 Å². The standard InChI is InChI=1S/C12H15F3N2/c1-9-3-6-17(7-4-9)11-8-16-5-2-10(11)12(13,14)15/h2,5,8-9H,3-4,6-7H2,1H3. The molecule has 94 valence electrons. The van der Waals surface area contributed by atoms with Crippen molar-refractivity contribution >= 4 is 5.69 Å². The number of aromatic nitrogens is 1. The molecule has 2 rings (SSSR count). The number of halogens is 3. The van der Waals surface area contributed by atoms with Crippen LogP contribution >= 0.6 is 0 Å². The van der Waals surface area contributed by atoms with Crippen LogP contribution in [0.1, 0.15) is 25.3 Å².